The molecule has 6 heteroatoms. The molecule has 0 radical (unpaired) electrons. The van der Waals surface area contributed by atoms with Gasteiger partial charge in [0.1, 0.15) is 4.88 Å². The number of likely N-dealkylation sites (tertiary alicyclic amines) is 1. The fraction of sp³-hybridized carbons (Fsp3) is 0.429. The molecule has 1 fully saturated rings. The monoisotopic (exact) mass is 399 g/mol. The average molecular weight is 400 g/mol. The smallest absolute Gasteiger partial charge is 0.266 e. The van der Waals surface area contributed by atoms with E-state index in [0.717, 1.165) is 36.5 Å². The summed E-state index contributed by atoms with van der Waals surface area (Å²) >= 11 is 3.31. The summed E-state index contributed by atoms with van der Waals surface area (Å²) in [5.74, 6) is 0.629. The van der Waals surface area contributed by atoms with E-state index in [1.807, 2.05) is 45.4 Å². The van der Waals surface area contributed by atoms with Crippen LogP contribution in [0, 0.1) is 0 Å². The highest BCUT2D eigenvalue weighted by Crippen LogP contribution is 2.34. The summed E-state index contributed by atoms with van der Waals surface area (Å²) in [6.07, 6.45) is 5.96. The molecular weight excluding hydrogens is 374 g/mol. The molecule has 0 aromatic carbocycles. The normalized spacial score (nSPS) is 16.0. The Bertz CT molecular complexity index is 910. The van der Waals surface area contributed by atoms with Gasteiger partial charge in [-0.25, -0.2) is 4.98 Å². The van der Waals surface area contributed by atoms with E-state index in [1.54, 1.807) is 11.3 Å². The zero-order chi connectivity index (χ0) is 19.0. The maximum Gasteiger partial charge on any atom is 0.266 e. The first-order valence-corrected chi connectivity index (χ1v) is 11.2. The van der Waals surface area contributed by atoms with E-state index in [1.165, 1.54) is 22.0 Å². The number of carbonyl (C=O) groups is 1. The van der Waals surface area contributed by atoms with Crippen LogP contribution in [-0.4, -0.2) is 33.4 Å². The third-order valence-electron chi connectivity index (χ3n) is 5.14. The topological polar surface area (TPSA) is 38.1 Å². The zero-order valence-electron chi connectivity index (χ0n) is 16.0. The van der Waals surface area contributed by atoms with Crippen molar-refractivity contribution in [1.29, 1.82) is 0 Å². The van der Waals surface area contributed by atoms with Crippen LogP contribution >= 0.6 is 22.7 Å². The molecule has 0 saturated carbocycles. The Hall–Kier alpha value is -1.92. The van der Waals surface area contributed by atoms with Gasteiger partial charge in [-0.3, -0.25) is 4.79 Å². The van der Waals surface area contributed by atoms with Gasteiger partial charge in [0.05, 0.1) is 16.4 Å². The van der Waals surface area contributed by atoms with Gasteiger partial charge in [0.15, 0.2) is 0 Å². The number of carbonyl (C=O) groups excluding carboxylic acids is 1. The van der Waals surface area contributed by atoms with Crippen molar-refractivity contribution in [3.8, 4) is 5.69 Å². The fourth-order valence-corrected chi connectivity index (χ4v) is 5.53. The largest absolute Gasteiger partial charge is 0.338 e. The number of thiazole rings is 1. The molecule has 4 rings (SSSR count). The van der Waals surface area contributed by atoms with Crippen LogP contribution in [0.2, 0.25) is 0 Å². The van der Waals surface area contributed by atoms with Crippen LogP contribution in [-0.2, 0) is 5.41 Å². The maximum atomic E-state index is 13.1. The molecule has 0 spiro atoms. The number of thiophene rings is 1. The minimum atomic E-state index is 0.0967. The second kappa shape index (κ2) is 7.24. The summed E-state index contributed by atoms with van der Waals surface area (Å²) in [6.45, 7) is 8.22. The molecule has 0 aliphatic carbocycles. The van der Waals surface area contributed by atoms with Gasteiger partial charge in [-0.05, 0) is 36.4 Å². The molecule has 0 atom stereocenters. The van der Waals surface area contributed by atoms with E-state index in [-0.39, 0.29) is 11.3 Å². The second-order valence-corrected chi connectivity index (χ2v) is 9.92. The molecular formula is C21H25N3OS2. The SMILES string of the molecule is CC(C)(C)c1csc(C2CCN(C(=O)c3sccc3-n3cccc3)CC2)n1. The van der Waals surface area contributed by atoms with Gasteiger partial charge < -0.3 is 9.47 Å². The van der Waals surface area contributed by atoms with Crippen molar-refractivity contribution in [2.75, 3.05) is 13.1 Å². The van der Waals surface area contributed by atoms with E-state index in [2.05, 4.69) is 26.2 Å². The average Bonchev–Trinajstić information content (AvgIpc) is 3.41. The van der Waals surface area contributed by atoms with Crippen molar-refractivity contribution in [2.24, 2.45) is 0 Å². The number of amides is 1. The van der Waals surface area contributed by atoms with Crippen LogP contribution in [0.1, 0.15) is 59.9 Å². The Morgan fingerprint density at radius 1 is 1.15 bits per heavy atom. The van der Waals surface area contributed by atoms with Gasteiger partial charge in [0.2, 0.25) is 0 Å². The molecule has 3 aromatic rings. The third-order valence-corrected chi connectivity index (χ3v) is 7.04. The van der Waals surface area contributed by atoms with Crippen LogP contribution in [0.4, 0.5) is 0 Å². The molecule has 4 heterocycles. The van der Waals surface area contributed by atoms with Crippen molar-refractivity contribution in [2.45, 2.75) is 44.9 Å². The lowest BCUT2D eigenvalue weighted by Crippen LogP contribution is -2.37. The van der Waals surface area contributed by atoms with Gasteiger partial charge in [-0.2, -0.15) is 0 Å². The van der Waals surface area contributed by atoms with Crippen molar-refractivity contribution < 1.29 is 4.79 Å². The predicted molar refractivity (Wildman–Crippen MR) is 112 cm³/mol. The molecule has 1 saturated heterocycles. The minimum absolute atomic E-state index is 0.0967. The Morgan fingerprint density at radius 3 is 2.48 bits per heavy atom. The van der Waals surface area contributed by atoms with Crippen LogP contribution < -0.4 is 0 Å². The Kier molecular flexibility index (Phi) is 4.95. The highest BCUT2D eigenvalue weighted by molar-refractivity contribution is 7.12. The van der Waals surface area contributed by atoms with Crippen molar-refractivity contribution >= 4 is 28.6 Å². The number of nitrogens with zero attached hydrogens (tertiary/aromatic N) is 3. The molecule has 1 aliphatic heterocycles. The Morgan fingerprint density at radius 2 is 1.85 bits per heavy atom. The molecule has 3 aromatic heterocycles. The first kappa shape index (κ1) is 18.4. The lowest BCUT2D eigenvalue weighted by molar-refractivity contribution is 0.0718. The van der Waals surface area contributed by atoms with Crippen molar-refractivity contribution in [3.05, 3.63) is 56.9 Å². The maximum absolute atomic E-state index is 13.1. The minimum Gasteiger partial charge on any atom is -0.338 e. The standard InChI is InChI=1S/C21H25N3OS2/c1-21(2,3)17-14-27-19(22-17)15-6-11-24(12-7-15)20(25)18-16(8-13-26-18)23-9-4-5-10-23/h4-5,8-10,13-15H,6-7,11-12H2,1-3H3. The fourth-order valence-electron chi connectivity index (χ4n) is 3.45. The number of rotatable bonds is 3. The Labute approximate surface area is 168 Å². The highest BCUT2D eigenvalue weighted by atomic mass is 32.1. The van der Waals surface area contributed by atoms with Gasteiger partial charge >= 0.3 is 0 Å². The molecule has 0 N–H and O–H groups in total. The number of aromatic nitrogens is 2. The second-order valence-electron chi connectivity index (χ2n) is 8.11. The highest BCUT2D eigenvalue weighted by Gasteiger charge is 2.29. The lowest BCUT2D eigenvalue weighted by Gasteiger charge is -2.31. The van der Waals surface area contributed by atoms with E-state index in [4.69, 9.17) is 4.98 Å². The quantitative estimate of drug-likeness (QED) is 0.598. The number of hydrogen-bond donors (Lipinski definition) is 0. The summed E-state index contributed by atoms with van der Waals surface area (Å²) in [4.78, 5) is 20.8. The molecule has 142 valence electrons. The van der Waals surface area contributed by atoms with Crippen molar-refractivity contribution in [3.63, 3.8) is 0 Å². The summed E-state index contributed by atoms with van der Waals surface area (Å²) in [5.41, 5.74) is 2.25. The van der Waals surface area contributed by atoms with Crippen LogP contribution in [0.15, 0.2) is 41.4 Å². The van der Waals surface area contributed by atoms with Crippen LogP contribution in [0.5, 0.6) is 0 Å². The van der Waals surface area contributed by atoms with E-state index >= 15 is 0 Å². The molecule has 27 heavy (non-hydrogen) atoms. The Balaban J connectivity index is 1.43. The third kappa shape index (κ3) is 3.73. The summed E-state index contributed by atoms with van der Waals surface area (Å²) < 4.78 is 2.01. The van der Waals surface area contributed by atoms with Crippen molar-refractivity contribution in [1.82, 2.24) is 14.5 Å². The lowest BCUT2D eigenvalue weighted by atomic mass is 9.93. The molecule has 4 nitrogen and oxygen atoms in total. The van der Waals surface area contributed by atoms with E-state index in [0.29, 0.717) is 5.92 Å². The first-order chi connectivity index (χ1) is 12.9. The van der Waals surface area contributed by atoms with Gasteiger partial charge in [0, 0.05) is 42.2 Å². The zero-order valence-corrected chi connectivity index (χ0v) is 17.6. The van der Waals surface area contributed by atoms with E-state index in [9.17, 15) is 4.79 Å². The van der Waals surface area contributed by atoms with Gasteiger partial charge in [0.25, 0.3) is 5.91 Å². The molecule has 1 amide bonds. The van der Waals surface area contributed by atoms with Gasteiger partial charge in [-0.15, -0.1) is 22.7 Å². The summed E-state index contributed by atoms with van der Waals surface area (Å²) in [7, 11) is 0. The molecule has 0 bridgehead atoms. The number of hydrogen-bond acceptors (Lipinski definition) is 4. The van der Waals surface area contributed by atoms with Crippen LogP contribution in [0.25, 0.3) is 5.69 Å². The van der Waals surface area contributed by atoms with Gasteiger partial charge in [-0.1, -0.05) is 20.8 Å². The first-order valence-electron chi connectivity index (χ1n) is 9.39. The summed E-state index contributed by atoms with van der Waals surface area (Å²) in [6, 6.07) is 5.99. The predicted octanol–water partition coefficient (Wildman–Crippen LogP) is 5.31. The summed E-state index contributed by atoms with van der Waals surface area (Å²) in [5, 5.41) is 5.43. The number of piperidine rings is 1. The molecule has 1 aliphatic rings. The van der Waals surface area contributed by atoms with Crippen LogP contribution in [0.3, 0.4) is 0 Å². The van der Waals surface area contributed by atoms with E-state index < -0.39 is 0 Å². The molecule has 0 unspecified atom stereocenters.